The van der Waals surface area contributed by atoms with Crippen LogP contribution in [0.4, 0.5) is 0 Å². The van der Waals surface area contributed by atoms with Crippen molar-refractivity contribution >= 4 is 18.9 Å². The molecule has 0 N–H and O–H groups in total. The molecule has 0 atom stereocenters. The van der Waals surface area contributed by atoms with E-state index >= 15 is 0 Å². The first kappa shape index (κ1) is 10.4. The van der Waals surface area contributed by atoms with Crippen LogP contribution < -0.4 is 4.74 Å². The quantitative estimate of drug-likeness (QED) is 0.650. The summed E-state index contributed by atoms with van der Waals surface area (Å²) in [6, 6.07) is 16.1. The lowest BCUT2D eigenvalue weighted by atomic mass is 10.2. The van der Waals surface area contributed by atoms with Gasteiger partial charge in [0.15, 0.2) is 5.49 Å². The molecule has 1 aromatic heterocycles. The molecule has 0 saturated heterocycles. The molecule has 0 amide bonds. The van der Waals surface area contributed by atoms with Crippen LogP contribution in [0.15, 0.2) is 52.9 Å². The number of fused-ring (bicyclic) bond motifs is 1. The van der Waals surface area contributed by atoms with Crippen molar-refractivity contribution < 1.29 is 9.15 Å². The summed E-state index contributed by atoms with van der Waals surface area (Å²) < 4.78 is 11.0. The number of ether oxygens (including phenoxy) is 1. The van der Waals surface area contributed by atoms with E-state index in [2.05, 4.69) is 6.07 Å². The monoisotopic (exact) mass is 242 g/mol. The fraction of sp³-hybridized carbons (Fsp3) is 0.0714. The number of benzene rings is 2. The third-order valence-electron chi connectivity index (χ3n) is 2.63. The van der Waals surface area contributed by atoms with Gasteiger partial charge in [0.25, 0.3) is 0 Å². The summed E-state index contributed by atoms with van der Waals surface area (Å²) in [5.41, 5.74) is 3.04. The van der Waals surface area contributed by atoms with Gasteiger partial charge in [-0.25, -0.2) is 0 Å². The number of hydrogen-bond donors (Lipinski definition) is 0. The molecule has 0 saturated carbocycles. The van der Waals surface area contributed by atoms with Crippen LogP contribution in [-0.2, 0) is 0 Å². The third-order valence-corrected chi connectivity index (χ3v) is 3.79. The van der Waals surface area contributed by atoms with Crippen LogP contribution in [-0.4, -0.2) is 7.11 Å². The van der Waals surface area contributed by atoms with Crippen molar-refractivity contribution in [1.82, 2.24) is 0 Å². The van der Waals surface area contributed by atoms with E-state index in [9.17, 15) is 0 Å². The zero-order chi connectivity index (χ0) is 11.7. The number of para-hydroxylation sites is 1. The predicted molar refractivity (Wildman–Crippen MR) is 70.7 cm³/mol. The third kappa shape index (κ3) is 1.92. The number of rotatable bonds is 2. The zero-order valence-corrected chi connectivity index (χ0v) is 10.3. The van der Waals surface area contributed by atoms with Gasteiger partial charge in [0.2, 0.25) is 0 Å². The Balaban J connectivity index is 2.07. The van der Waals surface area contributed by atoms with Gasteiger partial charge >= 0.3 is 0 Å². The lowest BCUT2D eigenvalue weighted by Gasteiger charge is -1.99. The van der Waals surface area contributed by atoms with Gasteiger partial charge in [-0.1, -0.05) is 12.1 Å². The lowest BCUT2D eigenvalue weighted by Crippen LogP contribution is -1.80. The first-order valence-electron chi connectivity index (χ1n) is 5.37. The molecular formula is C14H11O2P. The van der Waals surface area contributed by atoms with Gasteiger partial charge in [0, 0.05) is 10.7 Å². The Labute approximate surface area is 101 Å². The molecule has 0 radical (unpaired) electrons. The minimum Gasteiger partial charge on any atom is -0.497 e. The molecular weight excluding hydrogens is 231 g/mol. The Morgan fingerprint density at radius 3 is 2.47 bits per heavy atom. The van der Waals surface area contributed by atoms with Crippen LogP contribution in [0.3, 0.4) is 0 Å². The molecule has 84 valence electrons. The van der Waals surface area contributed by atoms with Crippen molar-refractivity contribution in [2.45, 2.75) is 0 Å². The maximum absolute atomic E-state index is 5.83. The molecule has 0 aliphatic carbocycles. The average molecular weight is 242 g/mol. The van der Waals surface area contributed by atoms with E-state index in [1.807, 2.05) is 42.5 Å². The van der Waals surface area contributed by atoms with Crippen LogP contribution in [0.2, 0.25) is 0 Å². The van der Waals surface area contributed by atoms with E-state index in [4.69, 9.17) is 9.15 Å². The zero-order valence-electron chi connectivity index (χ0n) is 9.38. The van der Waals surface area contributed by atoms with Crippen molar-refractivity contribution in [3.8, 4) is 16.8 Å². The molecule has 0 bridgehead atoms. The number of methoxy groups -OCH3 is 1. The second-order valence-electron chi connectivity index (χ2n) is 3.72. The fourth-order valence-electron chi connectivity index (χ4n) is 1.73. The Bertz CT molecular complexity index is 608. The summed E-state index contributed by atoms with van der Waals surface area (Å²) in [5.74, 6) is 0.863. The molecule has 0 aliphatic rings. The van der Waals surface area contributed by atoms with Gasteiger partial charge < -0.3 is 9.15 Å². The summed E-state index contributed by atoms with van der Waals surface area (Å²) in [4.78, 5) is 0. The lowest BCUT2D eigenvalue weighted by molar-refractivity contribution is 0.415. The molecule has 3 aromatic rings. The normalized spacial score (nSPS) is 11.1. The standard InChI is InChI=1S/C14H11O2P/c1-15-11-8-6-10(7-9-11)14-16-12-4-2-3-5-13(12)17-14/h2-9H,1H3. The highest BCUT2D eigenvalue weighted by molar-refractivity contribution is 7.40. The molecule has 3 rings (SSSR count). The molecule has 0 fully saturated rings. The largest absolute Gasteiger partial charge is 0.497 e. The molecule has 0 unspecified atom stereocenters. The van der Waals surface area contributed by atoms with Gasteiger partial charge in [-0.05, 0) is 44.6 Å². The van der Waals surface area contributed by atoms with Crippen molar-refractivity contribution in [3.05, 3.63) is 48.5 Å². The molecule has 17 heavy (non-hydrogen) atoms. The molecule has 3 heteroatoms. The molecule has 1 heterocycles. The van der Waals surface area contributed by atoms with E-state index in [0.717, 1.165) is 30.6 Å². The molecule has 2 nitrogen and oxygen atoms in total. The fourth-order valence-corrected chi connectivity index (χ4v) is 2.76. The van der Waals surface area contributed by atoms with E-state index in [1.165, 1.54) is 5.12 Å². The van der Waals surface area contributed by atoms with Gasteiger partial charge in [-0.15, -0.1) is 0 Å². The molecule has 2 aromatic carbocycles. The van der Waals surface area contributed by atoms with Crippen LogP contribution in [0.1, 0.15) is 0 Å². The SMILES string of the molecule is COc1ccc(-c2oc3ccccc3p2)cc1. The van der Waals surface area contributed by atoms with Crippen molar-refractivity contribution in [3.63, 3.8) is 0 Å². The Morgan fingerprint density at radius 2 is 1.76 bits per heavy atom. The smallest absolute Gasteiger partial charge is 0.161 e. The van der Waals surface area contributed by atoms with Crippen LogP contribution in [0.5, 0.6) is 5.75 Å². The van der Waals surface area contributed by atoms with Crippen molar-refractivity contribution in [2.75, 3.05) is 7.11 Å². The first-order valence-corrected chi connectivity index (χ1v) is 6.26. The van der Waals surface area contributed by atoms with Crippen LogP contribution in [0, 0.1) is 0 Å². The Kier molecular flexibility index (Phi) is 2.58. The van der Waals surface area contributed by atoms with E-state index in [0.29, 0.717) is 0 Å². The molecule has 0 aliphatic heterocycles. The van der Waals surface area contributed by atoms with Crippen molar-refractivity contribution in [2.24, 2.45) is 0 Å². The van der Waals surface area contributed by atoms with E-state index < -0.39 is 0 Å². The van der Waals surface area contributed by atoms with Crippen LogP contribution >= 0.6 is 8.19 Å². The maximum Gasteiger partial charge on any atom is 0.161 e. The molecule has 0 spiro atoms. The summed E-state index contributed by atoms with van der Waals surface area (Å²) in [6.45, 7) is 0. The highest BCUT2D eigenvalue weighted by Crippen LogP contribution is 2.37. The Hall–Kier alpha value is -1.79. The minimum absolute atomic E-state index is 0.863. The second kappa shape index (κ2) is 4.23. The van der Waals surface area contributed by atoms with Gasteiger partial charge in [-0.3, -0.25) is 0 Å². The first-order chi connectivity index (χ1) is 8.36. The van der Waals surface area contributed by atoms with Gasteiger partial charge in [0.1, 0.15) is 11.3 Å². The second-order valence-corrected chi connectivity index (χ2v) is 4.83. The minimum atomic E-state index is 0.863. The van der Waals surface area contributed by atoms with Crippen LogP contribution in [0.25, 0.3) is 21.8 Å². The Morgan fingerprint density at radius 1 is 1.00 bits per heavy atom. The summed E-state index contributed by atoms with van der Waals surface area (Å²) in [6.07, 6.45) is 0. The van der Waals surface area contributed by atoms with E-state index in [1.54, 1.807) is 7.11 Å². The summed E-state index contributed by atoms with van der Waals surface area (Å²) in [5, 5.41) is 1.22. The highest BCUT2D eigenvalue weighted by Gasteiger charge is 2.06. The average Bonchev–Trinajstić information content (AvgIpc) is 2.82. The van der Waals surface area contributed by atoms with E-state index in [-0.39, 0.29) is 0 Å². The number of hydrogen-bond acceptors (Lipinski definition) is 2. The summed E-state index contributed by atoms with van der Waals surface area (Å²) >= 11 is 0. The van der Waals surface area contributed by atoms with Gasteiger partial charge in [0.05, 0.1) is 7.11 Å². The highest BCUT2D eigenvalue weighted by atomic mass is 31.0. The van der Waals surface area contributed by atoms with Crippen molar-refractivity contribution in [1.29, 1.82) is 0 Å². The topological polar surface area (TPSA) is 22.4 Å². The van der Waals surface area contributed by atoms with Gasteiger partial charge in [-0.2, -0.15) is 0 Å². The maximum atomic E-state index is 5.83. The predicted octanol–water partition coefficient (Wildman–Crippen LogP) is 4.69. The summed E-state index contributed by atoms with van der Waals surface area (Å²) in [7, 11) is 2.80.